The van der Waals surface area contributed by atoms with Crippen molar-refractivity contribution in [2.75, 3.05) is 31.1 Å². The van der Waals surface area contributed by atoms with Crippen molar-refractivity contribution in [3.63, 3.8) is 0 Å². The summed E-state index contributed by atoms with van der Waals surface area (Å²) in [7, 11) is 0. The van der Waals surface area contributed by atoms with Crippen LogP contribution in [0.2, 0.25) is 0 Å². The van der Waals surface area contributed by atoms with Crippen LogP contribution in [-0.2, 0) is 12.8 Å². The van der Waals surface area contributed by atoms with E-state index < -0.39 is 0 Å². The van der Waals surface area contributed by atoms with Crippen LogP contribution in [0.5, 0.6) is 5.75 Å². The Balaban J connectivity index is 1.66. The van der Waals surface area contributed by atoms with Crippen LogP contribution in [0.1, 0.15) is 27.0 Å². The number of hydrogen-bond donors (Lipinski definition) is 1. The molecule has 0 aliphatic carbocycles. The number of hydrogen-bond acceptors (Lipinski definition) is 3. The highest BCUT2D eigenvalue weighted by atomic mass is 16.5. The second kappa shape index (κ2) is 6.29. The number of fused-ring (bicyclic) bond motifs is 2. The first-order valence-corrected chi connectivity index (χ1v) is 8.60. The van der Waals surface area contributed by atoms with Gasteiger partial charge in [-0.05, 0) is 73.8 Å². The zero-order valence-corrected chi connectivity index (χ0v) is 14.0. The third-order valence-electron chi connectivity index (χ3n) is 4.82. The molecule has 2 aromatic carbocycles. The van der Waals surface area contributed by atoms with Gasteiger partial charge < -0.3 is 15.0 Å². The van der Waals surface area contributed by atoms with E-state index in [1.807, 2.05) is 36.1 Å². The molecule has 124 valence electrons. The summed E-state index contributed by atoms with van der Waals surface area (Å²) in [6, 6.07) is 12.2. The molecule has 1 N–H and O–H groups in total. The lowest BCUT2D eigenvalue weighted by atomic mass is 9.99. The van der Waals surface area contributed by atoms with Crippen molar-refractivity contribution in [3.05, 3.63) is 58.7 Å². The van der Waals surface area contributed by atoms with E-state index in [4.69, 9.17) is 4.74 Å². The molecular weight excluding hydrogens is 300 g/mol. The molecule has 0 saturated heterocycles. The maximum atomic E-state index is 13.1. The van der Waals surface area contributed by atoms with Crippen molar-refractivity contribution in [1.82, 2.24) is 5.32 Å². The molecule has 2 aliphatic heterocycles. The smallest absolute Gasteiger partial charge is 0.258 e. The SMILES string of the molecule is Cc1ccc2c(c1)OCCN2C(=O)c1ccc2c(c1)CCNCC2. The lowest BCUT2D eigenvalue weighted by Gasteiger charge is -2.30. The lowest BCUT2D eigenvalue weighted by molar-refractivity contribution is 0.0976. The van der Waals surface area contributed by atoms with Gasteiger partial charge in [-0.25, -0.2) is 0 Å². The summed E-state index contributed by atoms with van der Waals surface area (Å²) in [5.41, 5.74) is 5.43. The molecule has 2 heterocycles. The number of benzene rings is 2. The minimum atomic E-state index is 0.0587. The Morgan fingerprint density at radius 2 is 1.92 bits per heavy atom. The van der Waals surface area contributed by atoms with E-state index in [1.165, 1.54) is 11.1 Å². The number of ether oxygens (including phenoxy) is 1. The standard InChI is InChI=1S/C20H22N2O2/c1-14-2-5-18-19(12-14)24-11-10-22(18)20(23)17-4-3-15-6-8-21-9-7-16(15)13-17/h2-5,12-13,21H,6-11H2,1H3. The predicted octanol–water partition coefficient (Wildman–Crippen LogP) is 2.72. The molecular formula is C20H22N2O2. The molecule has 0 atom stereocenters. The Hall–Kier alpha value is -2.33. The third-order valence-corrected chi connectivity index (χ3v) is 4.82. The average Bonchev–Trinajstić information content (AvgIpc) is 2.85. The molecule has 4 heteroatoms. The van der Waals surface area contributed by atoms with E-state index in [9.17, 15) is 4.79 Å². The van der Waals surface area contributed by atoms with Crippen LogP contribution in [0.3, 0.4) is 0 Å². The van der Waals surface area contributed by atoms with Crippen molar-refractivity contribution < 1.29 is 9.53 Å². The zero-order valence-electron chi connectivity index (χ0n) is 14.0. The van der Waals surface area contributed by atoms with E-state index in [0.29, 0.717) is 13.2 Å². The highest BCUT2D eigenvalue weighted by molar-refractivity contribution is 6.07. The molecule has 0 bridgehead atoms. The number of carbonyl (C=O) groups excluding carboxylic acids is 1. The van der Waals surface area contributed by atoms with Crippen LogP contribution in [0.15, 0.2) is 36.4 Å². The summed E-state index contributed by atoms with van der Waals surface area (Å²) in [5, 5.41) is 3.41. The Bertz CT molecular complexity index is 785. The van der Waals surface area contributed by atoms with Crippen LogP contribution in [-0.4, -0.2) is 32.1 Å². The van der Waals surface area contributed by atoms with Gasteiger partial charge in [-0.3, -0.25) is 4.79 Å². The van der Waals surface area contributed by atoms with Crippen molar-refractivity contribution >= 4 is 11.6 Å². The van der Waals surface area contributed by atoms with E-state index in [2.05, 4.69) is 17.4 Å². The molecule has 24 heavy (non-hydrogen) atoms. The first kappa shape index (κ1) is 15.2. The minimum Gasteiger partial charge on any atom is -0.490 e. The zero-order chi connectivity index (χ0) is 16.5. The van der Waals surface area contributed by atoms with Gasteiger partial charge in [-0.1, -0.05) is 12.1 Å². The average molecular weight is 322 g/mol. The van der Waals surface area contributed by atoms with E-state index >= 15 is 0 Å². The first-order chi connectivity index (χ1) is 11.7. The Morgan fingerprint density at radius 1 is 1.08 bits per heavy atom. The van der Waals surface area contributed by atoms with Crippen LogP contribution in [0.25, 0.3) is 0 Å². The molecule has 2 aromatic rings. The Kier molecular flexibility index (Phi) is 3.98. The van der Waals surface area contributed by atoms with Crippen molar-refractivity contribution in [1.29, 1.82) is 0 Å². The summed E-state index contributed by atoms with van der Waals surface area (Å²) >= 11 is 0. The summed E-state index contributed by atoms with van der Waals surface area (Å²) < 4.78 is 5.73. The van der Waals surface area contributed by atoms with Gasteiger partial charge in [0.05, 0.1) is 12.2 Å². The predicted molar refractivity (Wildman–Crippen MR) is 95.1 cm³/mol. The topological polar surface area (TPSA) is 41.6 Å². The van der Waals surface area contributed by atoms with E-state index in [1.54, 1.807) is 0 Å². The number of amides is 1. The molecule has 4 rings (SSSR count). The molecule has 0 unspecified atom stereocenters. The van der Waals surface area contributed by atoms with Crippen LogP contribution < -0.4 is 15.0 Å². The molecule has 0 radical (unpaired) electrons. The minimum absolute atomic E-state index is 0.0587. The van der Waals surface area contributed by atoms with Crippen LogP contribution in [0, 0.1) is 6.92 Å². The van der Waals surface area contributed by atoms with Gasteiger partial charge in [-0.2, -0.15) is 0 Å². The Labute approximate surface area is 142 Å². The van der Waals surface area contributed by atoms with Gasteiger partial charge in [0, 0.05) is 5.56 Å². The van der Waals surface area contributed by atoms with Crippen molar-refractivity contribution in [2.24, 2.45) is 0 Å². The number of carbonyl (C=O) groups is 1. The third kappa shape index (κ3) is 2.78. The highest BCUT2D eigenvalue weighted by Crippen LogP contribution is 2.33. The highest BCUT2D eigenvalue weighted by Gasteiger charge is 2.25. The molecule has 4 nitrogen and oxygen atoms in total. The molecule has 0 aromatic heterocycles. The molecule has 0 spiro atoms. The maximum absolute atomic E-state index is 13.1. The lowest BCUT2D eigenvalue weighted by Crippen LogP contribution is -2.38. The summed E-state index contributed by atoms with van der Waals surface area (Å²) in [4.78, 5) is 14.9. The van der Waals surface area contributed by atoms with Gasteiger partial charge in [0.15, 0.2) is 0 Å². The molecule has 2 aliphatic rings. The molecule has 0 saturated carbocycles. The first-order valence-electron chi connectivity index (χ1n) is 8.60. The number of aryl methyl sites for hydroxylation is 1. The monoisotopic (exact) mass is 322 g/mol. The van der Waals surface area contributed by atoms with Crippen LogP contribution >= 0.6 is 0 Å². The summed E-state index contributed by atoms with van der Waals surface area (Å²) in [5.74, 6) is 0.858. The fraction of sp³-hybridized carbons (Fsp3) is 0.350. The second-order valence-corrected chi connectivity index (χ2v) is 6.51. The molecule has 0 fully saturated rings. The van der Waals surface area contributed by atoms with Gasteiger partial charge >= 0.3 is 0 Å². The number of anilines is 1. The molecule has 1 amide bonds. The fourth-order valence-electron chi connectivity index (χ4n) is 3.50. The maximum Gasteiger partial charge on any atom is 0.258 e. The van der Waals surface area contributed by atoms with Gasteiger partial charge in [0.25, 0.3) is 5.91 Å². The fourth-order valence-corrected chi connectivity index (χ4v) is 3.50. The Morgan fingerprint density at radius 3 is 2.79 bits per heavy atom. The van der Waals surface area contributed by atoms with Crippen molar-refractivity contribution in [3.8, 4) is 5.75 Å². The quantitative estimate of drug-likeness (QED) is 0.878. The van der Waals surface area contributed by atoms with Crippen molar-refractivity contribution in [2.45, 2.75) is 19.8 Å². The number of nitrogens with one attached hydrogen (secondary N) is 1. The van der Waals surface area contributed by atoms with Crippen LogP contribution in [0.4, 0.5) is 5.69 Å². The largest absolute Gasteiger partial charge is 0.490 e. The number of nitrogens with zero attached hydrogens (tertiary/aromatic N) is 1. The van der Waals surface area contributed by atoms with Gasteiger partial charge in [0.1, 0.15) is 12.4 Å². The second-order valence-electron chi connectivity index (χ2n) is 6.51. The normalized spacial score (nSPS) is 16.6. The summed E-state index contributed by atoms with van der Waals surface area (Å²) in [6.45, 7) is 5.15. The van der Waals surface area contributed by atoms with Gasteiger partial charge in [-0.15, -0.1) is 0 Å². The van der Waals surface area contributed by atoms with E-state index in [0.717, 1.165) is 48.5 Å². The number of rotatable bonds is 1. The summed E-state index contributed by atoms with van der Waals surface area (Å²) in [6.07, 6.45) is 2.01. The van der Waals surface area contributed by atoms with E-state index in [-0.39, 0.29) is 5.91 Å². The van der Waals surface area contributed by atoms with Gasteiger partial charge in [0.2, 0.25) is 0 Å².